The number of hydrogen-bond acceptors (Lipinski definition) is 4. The summed E-state index contributed by atoms with van der Waals surface area (Å²) in [6, 6.07) is 0.529. The molecule has 1 aliphatic carbocycles. The number of tetrazole rings is 1. The van der Waals surface area contributed by atoms with Crippen molar-refractivity contribution in [3.63, 3.8) is 0 Å². The van der Waals surface area contributed by atoms with Crippen molar-refractivity contribution < 1.29 is 0 Å². The van der Waals surface area contributed by atoms with Gasteiger partial charge in [-0.3, -0.25) is 0 Å². The third-order valence-corrected chi connectivity index (χ3v) is 3.09. The highest BCUT2D eigenvalue weighted by Gasteiger charge is 2.19. The van der Waals surface area contributed by atoms with Gasteiger partial charge in [-0.15, -0.1) is 5.10 Å². The summed E-state index contributed by atoms with van der Waals surface area (Å²) in [6.45, 7) is 0.706. The normalized spacial score (nSPS) is 18.2. The zero-order valence-electron chi connectivity index (χ0n) is 9.10. The smallest absolute Gasteiger partial charge is 0.151 e. The Morgan fingerprint density at radius 2 is 2.07 bits per heavy atom. The second-order valence-corrected chi connectivity index (χ2v) is 4.22. The highest BCUT2D eigenvalue weighted by Crippen LogP contribution is 2.27. The largest absolute Gasteiger partial charge is 0.330 e. The van der Waals surface area contributed by atoms with E-state index in [1.54, 1.807) is 0 Å². The van der Waals surface area contributed by atoms with Gasteiger partial charge in [-0.2, -0.15) is 0 Å². The zero-order chi connectivity index (χ0) is 10.5. The summed E-state index contributed by atoms with van der Waals surface area (Å²) in [5, 5.41) is 12.0. The minimum atomic E-state index is 0.529. The molecule has 0 atom stereocenters. The lowest BCUT2D eigenvalue weighted by Crippen LogP contribution is -2.17. The first kappa shape index (κ1) is 10.5. The molecule has 0 radical (unpaired) electrons. The van der Waals surface area contributed by atoms with Crippen molar-refractivity contribution in [1.82, 2.24) is 20.2 Å². The van der Waals surface area contributed by atoms with Gasteiger partial charge in [0.15, 0.2) is 5.82 Å². The van der Waals surface area contributed by atoms with Gasteiger partial charge in [-0.05, 0) is 36.2 Å². The number of aromatic nitrogens is 4. The summed E-state index contributed by atoms with van der Waals surface area (Å²) in [6.07, 6.45) is 8.28. The second kappa shape index (κ2) is 5.21. The van der Waals surface area contributed by atoms with Gasteiger partial charge in [0.25, 0.3) is 0 Å². The minimum absolute atomic E-state index is 0.529. The van der Waals surface area contributed by atoms with Crippen LogP contribution < -0.4 is 5.73 Å². The fourth-order valence-corrected chi connectivity index (χ4v) is 2.25. The van der Waals surface area contributed by atoms with Crippen molar-refractivity contribution in [3.05, 3.63) is 5.82 Å². The molecule has 5 heteroatoms. The summed E-state index contributed by atoms with van der Waals surface area (Å²) in [5.41, 5.74) is 5.50. The average Bonchev–Trinajstić information content (AvgIpc) is 2.75. The zero-order valence-corrected chi connectivity index (χ0v) is 9.10. The van der Waals surface area contributed by atoms with Crippen LogP contribution in [0, 0.1) is 0 Å². The van der Waals surface area contributed by atoms with Crippen molar-refractivity contribution in [2.24, 2.45) is 5.73 Å². The van der Waals surface area contributed by atoms with E-state index in [4.69, 9.17) is 5.73 Å². The Kier molecular flexibility index (Phi) is 3.66. The third kappa shape index (κ3) is 2.53. The molecule has 84 valence electrons. The van der Waals surface area contributed by atoms with Gasteiger partial charge in [0.2, 0.25) is 0 Å². The van der Waals surface area contributed by atoms with Crippen LogP contribution in [0.25, 0.3) is 0 Å². The van der Waals surface area contributed by atoms with E-state index in [-0.39, 0.29) is 0 Å². The van der Waals surface area contributed by atoms with Gasteiger partial charge in [0.1, 0.15) is 0 Å². The van der Waals surface area contributed by atoms with Gasteiger partial charge in [-0.1, -0.05) is 19.3 Å². The van der Waals surface area contributed by atoms with E-state index >= 15 is 0 Å². The van der Waals surface area contributed by atoms with Crippen molar-refractivity contribution >= 4 is 0 Å². The Morgan fingerprint density at radius 3 is 2.80 bits per heavy atom. The predicted octanol–water partition coefficient (Wildman–Crippen LogP) is 1.07. The van der Waals surface area contributed by atoms with Crippen LogP contribution in [0.1, 0.15) is 50.4 Å². The van der Waals surface area contributed by atoms with Gasteiger partial charge < -0.3 is 5.73 Å². The first-order valence-corrected chi connectivity index (χ1v) is 5.88. The highest BCUT2D eigenvalue weighted by atomic mass is 15.5. The molecule has 0 unspecified atom stereocenters. The molecular formula is C10H19N5. The van der Waals surface area contributed by atoms with E-state index in [1.165, 1.54) is 32.1 Å². The highest BCUT2D eigenvalue weighted by molar-refractivity contribution is 4.86. The molecule has 0 amide bonds. The molecule has 1 aromatic heterocycles. The molecule has 2 N–H and O–H groups in total. The Balaban J connectivity index is 2.02. The first-order valence-electron chi connectivity index (χ1n) is 5.88. The van der Waals surface area contributed by atoms with E-state index in [9.17, 15) is 0 Å². The van der Waals surface area contributed by atoms with E-state index in [0.717, 1.165) is 18.7 Å². The summed E-state index contributed by atoms with van der Waals surface area (Å²) >= 11 is 0. The molecular weight excluding hydrogens is 190 g/mol. The Morgan fingerprint density at radius 1 is 1.27 bits per heavy atom. The predicted molar refractivity (Wildman–Crippen MR) is 57.3 cm³/mol. The molecule has 15 heavy (non-hydrogen) atoms. The van der Waals surface area contributed by atoms with Gasteiger partial charge >= 0.3 is 0 Å². The summed E-state index contributed by atoms with van der Waals surface area (Å²) in [7, 11) is 0. The number of nitrogens with zero attached hydrogens (tertiary/aromatic N) is 4. The molecule has 0 saturated heterocycles. The maximum Gasteiger partial charge on any atom is 0.151 e. The average molecular weight is 209 g/mol. The van der Waals surface area contributed by atoms with E-state index in [2.05, 4.69) is 15.5 Å². The minimum Gasteiger partial charge on any atom is -0.330 e. The monoisotopic (exact) mass is 209 g/mol. The van der Waals surface area contributed by atoms with Gasteiger partial charge in [0, 0.05) is 6.42 Å². The van der Waals surface area contributed by atoms with Crippen LogP contribution in [-0.4, -0.2) is 26.8 Å². The SMILES string of the molecule is NCCCc1nnnn1C1CCCCC1. The molecule has 1 fully saturated rings. The third-order valence-electron chi connectivity index (χ3n) is 3.09. The number of aryl methyl sites for hydroxylation is 1. The number of nitrogens with two attached hydrogens (primary N) is 1. The number of hydrogen-bond donors (Lipinski definition) is 1. The maximum atomic E-state index is 5.50. The molecule has 1 heterocycles. The molecule has 1 aromatic rings. The summed E-state index contributed by atoms with van der Waals surface area (Å²) in [5.74, 6) is 1.01. The topological polar surface area (TPSA) is 69.6 Å². The fraction of sp³-hybridized carbons (Fsp3) is 0.900. The van der Waals surface area contributed by atoms with Crippen LogP contribution in [0.4, 0.5) is 0 Å². The van der Waals surface area contributed by atoms with Crippen LogP contribution in [0.2, 0.25) is 0 Å². The maximum absolute atomic E-state index is 5.50. The lowest BCUT2D eigenvalue weighted by Gasteiger charge is -2.22. The van der Waals surface area contributed by atoms with E-state index in [0.29, 0.717) is 12.6 Å². The summed E-state index contributed by atoms with van der Waals surface area (Å²) < 4.78 is 2.02. The van der Waals surface area contributed by atoms with Gasteiger partial charge in [0.05, 0.1) is 6.04 Å². The Hall–Kier alpha value is -0.970. The molecule has 1 aliphatic rings. The van der Waals surface area contributed by atoms with E-state index < -0.39 is 0 Å². The van der Waals surface area contributed by atoms with E-state index in [1.807, 2.05) is 4.68 Å². The van der Waals surface area contributed by atoms with Crippen molar-refractivity contribution in [1.29, 1.82) is 0 Å². The van der Waals surface area contributed by atoms with Crippen LogP contribution in [0.15, 0.2) is 0 Å². The quantitative estimate of drug-likeness (QED) is 0.805. The Bertz CT molecular complexity index is 290. The number of rotatable bonds is 4. The van der Waals surface area contributed by atoms with Crippen LogP contribution in [0.3, 0.4) is 0 Å². The molecule has 0 bridgehead atoms. The lowest BCUT2D eigenvalue weighted by atomic mass is 9.95. The molecule has 0 aromatic carbocycles. The fourth-order valence-electron chi connectivity index (χ4n) is 2.25. The van der Waals surface area contributed by atoms with Crippen molar-refractivity contribution in [3.8, 4) is 0 Å². The molecule has 1 saturated carbocycles. The van der Waals surface area contributed by atoms with Crippen molar-refractivity contribution in [2.75, 3.05) is 6.54 Å². The van der Waals surface area contributed by atoms with Crippen LogP contribution in [0.5, 0.6) is 0 Å². The molecule has 0 aliphatic heterocycles. The van der Waals surface area contributed by atoms with Crippen molar-refractivity contribution in [2.45, 2.75) is 51.0 Å². The van der Waals surface area contributed by atoms with Gasteiger partial charge in [-0.25, -0.2) is 4.68 Å². The molecule has 2 rings (SSSR count). The van der Waals surface area contributed by atoms with Crippen LogP contribution in [-0.2, 0) is 6.42 Å². The first-order chi connectivity index (χ1) is 7.42. The summed E-state index contributed by atoms with van der Waals surface area (Å²) in [4.78, 5) is 0. The molecule has 0 spiro atoms. The van der Waals surface area contributed by atoms with Crippen LogP contribution >= 0.6 is 0 Å². The standard InChI is InChI=1S/C10H19N5/c11-8-4-7-10-12-13-14-15(10)9-5-2-1-3-6-9/h9H,1-8,11H2. The lowest BCUT2D eigenvalue weighted by molar-refractivity contribution is 0.316. The second-order valence-electron chi connectivity index (χ2n) is 4.22. The Labute approximate surface area is 90.0 Å². The molecule has 5 nitrogen and oxygen atoms in total.